The monoisotopic (exact) mass is 350 g/mol. The summed E-state index contributed by atoms with van der Waals surface area (Å²) in [5.41, 5.74) is 1.77. The highest BCUT2D eigenvalue weighted by molar-refractivity contribution is 5.70. The molecule has 2 rings (SSSR count). The third-order valence-electron chi connectivity index (χ3n) is 3.48. The van der Waals surface area contributed by atoms with Gasteiger partial charge in [0, 0.05) is 0 Å². The molecule has 0 bridgehead atoms. The molecule has 0 aliphatic heterocycles. The Labute approximate surface area is 145 Å². The first-order chi connectivity index (χ1) is 12.0. The van der Waals surface area contributed by atoms with E-state index < -0.39 is 6.36 Å². The summed E-state index contributed by atoms with van der Waals surface area (Å²) < 4.78 is 45.8. The molecule has 2 nitrogen and oxygen atoms in total. The van der Waals surface area contributed by atoms with Crippen LogP contribution < -0.4 is 9.47 Å². The van der Waals surface area contributed by atoms with E-state index in [1.54, 1.807) is 12.1 Å². The SMILES string of the molecule is CCCCCOc1ccc(C=Cc2ccc(OC(F)(F)F)cc2)cc1. The van der Waals surface area contributed by atoms with Crippen LogP contribution in [0.4, 0.5) is 13.2 Å². The van der Waals surface area contributed by atoms with Crippen molar-refractivity contribution in [1.29, 1.82) is 0 Å². The molecule has 0 saturated carbocycles. The van der Waals surface area contributed by atoms with Crippen molar-refractivity contribution < 1.29 is 22.6 Å². The molecule has 0 amide bonds. The van der Waals surface area contributed by atoms with Crippen molar-refractivity contribution in [3.63, 3.8) is 0 Å². The maximum absolute atomic E-state index is 12.1. The van der Waals surface area contributed by atoms with Gasteiger partial charge in [0.15, 0.2) is 0 Å². The first kappa shape index (κ1) is 18.9. The van der Waals surface area contributed by atoms with Gasteiger partial charge in [-0.2, -0.15) is 0 Å². The molecule has 0 saturated heterocycles. The maximum Gasteiger partial charge on any atom is 0.573 e. The normalized spacial score (nSPS) is 11.7. The topological polar surface area (TPSA) is 18.5 Å². The van der Waals surface area contributed by atoms with Crippen LogP contribution in [0.2, 0.25) is 0 Å². The van der Waals surface area contributed by atoms with Gasteiger partial charge in [0.05, 0.1) is 6.61 Å². The standard InChI is InChI=1S/C20H21F3O2/c1-2-3-4-15-24-18-11-7-16(8-12-18)5-6-17-9-13-19(14-10-17)25-20(21,22)23/h5-14H,2-4,15H2,1H3. The van der Waals surface area contributed by atoms with E-state index in [-0.39, 0.29) is 5.75 Å². The first-order valence-electron chi connectivity index (χ1n) is 8.23. The summed E-state index contributed by atoms with van der Waals surface area (Å²) in [6, 6.07) is 13.4. The molecule has 2 aromatic carbocycles. The number of alkyl halides is 3. The summed E-state index contributed by atoms with van der Waals surface area (Å²) in [7, 11) is 0. The van der Waals surface area contributed by atoms with Crippen molar-refractivity contribution in [3.05, 3.63) is 59.7 Å². The fourth-order valence-electron chi connectivity index (χ4n) is 2.19. The van der Waals surface area contributed by atoms with E-state index in [0.717, 1.165) is 42.7 Å². The third-order valence-corrected chi connectivity index (χ3v) is 3.48. The summed E-state index contributed by atoms with van der Waals surface area (Å²) in [4.78, 5) is 0. The van der Waals surface area contributed by atoms with Crippen molar-refractivity contribution in [3.8, 4) is 11.5 Å². The zero-order valence-corrected chi connectivity index (χ0v) is 14.1. The number of hydrogen-bond donors (Lipinski definition) is 0. The van der Waals surface area contributed by atoms with Crippen LogP contribution >= 0.6 is 0 Å². The molecule has 0 aromatic heterocycles. The Hall–Kier alpha value is -2.43. The lowest BCUT2D eigenvalue weighted by molar-refractivity contribution is -0.274. The fourth-order valence-corrected chi connectivity index (χ4v) is 2.19. The Balaban J connectivity index is 1.88. The van der Waals surface area contributed by atoms with E-state index in [9.17, 15) is 13.2 Å². The first-order valence-corrected chi connectivity index (χ1v) is 8.23. The van der Waals surface area contributed by atoms with Gasteiger partial charge in [-0.05, 0) is 41.8 Å². The molecular formula is C20H21F3O2. The zero-order chi connectivity index (χ0) is 18.1. The molecule has 0 N–H and O–H groups in total. The Morgan fingerprint density at radius 3 is 1.80 bits per heavy atom. The van der Waals surface area contributed by atoms with Crippen LogP contribution in [0, 0.1) is 0 Å². The van der Waals surface area contributed by atoms with Gasteiger partial charge in [-0.1, -0.05) is 56.2 Å². The van der Waals surface area contributed by atoms with Crippen molar-refractivity contribution in [1.82, 2.24) is 0 Å². The highest BCUT2D eigenvalue weighted by Crippen LogP contribution is 2.23. The smallest absolute Gasteiger partial charge is 0.494 e. The second kappa shape index (κ2) is 9.16. The predicted octanol–water partition coefficient (Wildman–Crippen LogP) is 6.32. The molecule has 134 valence electrons. The van der Waals surface area contributed by atoms with Crippen LogP contribution in [0.15, 0.2) is 48.5 Å². The van der Waals surface area contributed by atoms with Gasteiger partial charge in [-0.25, -0.2) is 0 Å². The lowest BCUT2D eigenvalue weighted by atomic mass is 10.1. The molecule has 0 aliphatic rings. The number of hydrogen-bond acceptors (Lipinski definition) is 2. The Morgan fingerprint density at radius 1 is 0.800 bits per heavy atom. The minimum absolute atomic E-state index is 0.228. The Bertz CT molecular complexity index is 659. The largest absolute Gasteiger partial charge is 0.573 e. The molecule has 0 radical (unpaired) electrons. The average Bonchev–Trinajstić information content (AvgIpc) is 2.58. The van der Waals surface area contributed by atoms with E-state index >= 15 is 0 Å². The van der Waals surface area contributed by atoms with Crippen molar-refractivity contribution in [2.75, 3.05) is 6.61 Å². The Kier molecular flexibility index (Phi) is 6.92. The quantitative estimate of drug-likeness (QED) is 0.409. The zero-order valence-electron chi connectivity index (χ0n) is 14.1. The summed E-state index contributed by atoms with van der Waals surface area (Å²) in [5, 5.41) is 0. The number of benzene rings is 2. The van der Waals surface area contributed by atoms with Crippen LogP contribution in [-0.4, -0.2) is 13.0 Å². The highest BCUT2D eigenvalue weighted by Gasteiger charge is 2.30. The predicted molar refractivity (Wildman–Crippen MR) is 93.5 cm³/mol. The molecule has 0 aliphatic carbocycles. The molecular weight excluding hydrogens is 329 g/mol. The summed E-state index contributed by atoms with van der Waals surface area (Å²) >= 11 is 0. The second-order valence-electron chi connectivity index (χ2n) is 5.57. The molecule has 0 heterocycles. The van der Waals surface area contributed by atoms with Crippen LogP contribution in [-0.2, 0) is 0 Å². The average molecular weight is 350 g/mol. The highest BCUT2D eigenvalue weighted by atomic mass is 19.4. The maximum atomic E-state index is 12.1. The van der Waals surface area contributed by atoms with Crippen LogP contribution in [0.1, 0.15) is 37.3 Å². The number of halogens is 3. The lowest BCUT2D eigenvalue weighted by Crippen LogP contribution is -2.16. The summed E-state index contributed by atoms with van der Waals surface area (Å²) in [5.74, 6) is 0.608. The van der Waals surface area contributed by atoms with E-state index in [0.29, 0.717) is 0 Å². The van der Waals surface area contributed by atoms with Crippen molar-refractivity contribution in [2.24, 2.45) is 0 Å². The molecule has 0 spiro atoms. The van der Waals surface area contributed by atoms with Gasteiger partial charge in [-0.3, -0.25) is 0 Å². The van der Waals surface area contributed by atoms with Gasteiger partial charge in [0.2, 0.25) is 0 Å². The van der Waals surface area contributed by atoms with E-state index in [1.165, 1.54) is 12.1 Å². The van der Waals surface area contributed by atoms with Gasteiger partial charge in [-0.15, -0.1) is 13.2 Å². The summed E-state index contributed by atoms with van der Waals surface area (Å²) in [6.45, 7) is 2.87. The number of rotatable bonds is 8. The number of unbranched alkanes of at least 4 members (excludes halogenated alkanes) is 2. The van der Waals surface area contributed by atoms with Gasteiger partial charge in [0.1, 0.15) is 11.5 Å². The molecule has 2 aromatic rings. The van der Waals surface area contributed by atoms with Gasteiger partial charge in [0.25, 0.3) is 0 Å². The number of ether oxygens (including phenoxy) is 2. The van der Waals surface area contributed by atoms with Crippen molar-refractivity contribution in [2.45, 2.75) is 32.5 Å². The minimum Gasteiger partial charge on any atom is -0.494 e. The molecule has 5 heteroatoms. The van der Waals surface area contributed by atoms with E-state index in [1.807, 2.05) is 36.4 Å². The second-order valence-corrected chi connectivity index (χ2v) is 5.57. The lowest BCUT2D eigenvalue weighted by Gasteiger charge is -2.08. The molecule has 0 fully saturated rings. The molecule has 25 heavy (non-hydrogen) atoms. The van der Waals surface area contributed by atoms with Crippen LogP contribution in [0.3, 0.4) is 0 Å². The molecule has 0 atom stereocenters. The fraction of sp³-hybridized carbons (Fsp3) is 0.300. The summed E-state index contributed by atoms with van der Waals surface area (Å²) in [6.07, 6.45) is 2.42. The Morgan fingerprint density at radius 2 is 1.32 bits per heavy atom. The third kappa shape index (κ3) is 7.33. The van der Waals surface area contributed by atoms with Crippen molar-refractivity contribution >= 4 is 12.2 Å². The van der Waals surface area contributed by atoms with Gasteiger partial charge < -0.3 is 9.47 Å². The van der Waals surface area contributed by atoms with Gasteiger partial charge >= 0.3 is 6.36 Å². The minimum atomic E-state index is -4.67. The van der Waals surface area contributed by atoms with E-state index in [2.05, 4.69) is 11.7 Å². The van der Waals surface area contributed by atoms with Crippen LogP contribution in [0.25, 0.3) is 12.2 Å². The van der Waals surface area contributed by atoms with Crippen LogP contribution in [0.5, 0.6) is 11.5 Å². The molecule has 0 unspecified atom stereocenters. The van der Waals surface area contributed by atoms with E-state index in [4.69, 9.17) is 4.74 Å².